The minimum atomic E-state index is -1.55. The molecular weight excluding hydrogens is 152 g/mol. The fourth-order valence-electron chi connectivity index (χ4n) is 0.365. The summed E-state index contributed by atoms with van der Waals surface area (Å²) in [5.41, 5.74) is 0. The van der Waals surface area contributed by atoms with Crippen molar-refractivity contribution < 1.29 is 19.8 Å². The Bertz CT molecular complexity index is 159. The summed E-state index contributed by atoms with van der Waals surface area (Å²) in [4.78, 5) is 20.4. The molecule has 6 nitrogen and oxygen atoms in total. The Morgan fingerprint density at radius 3 is 2.45 bits per heavy atom. The summed E-state index contributed by atoms with van der Waals surface area (Å²) < 4.78 is 0. The van der Waals surface area contributed by atoms with E-state index >= 15 is 0 Å². The molecule has 0 bridgehead atoms. The highest BCUT2D eigenvalue weighted by Crippen LogP contribution is 1.78. The zero-order valence-corrected chi connectivity index (χ0v) is 6.00. The van der Waals surface area contributed by atoms with E-state index in [-0.39, 0.29) is 6.54 Å². The van der Waals surface area contributed by atoms with Crippen LogP contribution < -0.4 is 10.6 Å². The summed E-state index contributed by atoms with van der Waals surface area (Å²) in [6, 6.07) is -0.523. The van der Waals surface area contributed by atoms with Gasteiger partial charge in [0.05, 0.1) is 6.54 Å². The number of hydrogen-bond donors (Lipinski definition) is 4. The first-order valence-corrected chi connectivity index (χ1v) is 2.94. The molecule has 0 spiro atoms. The number of aliphatic carboxylic acids is 1. The number of carboxylic acid groups (broad SMARTS) is 1. The van der Waals surface area contributed by atoms with Gasteiger partial charge in [-0.3, -0.25) is 0 Å². The first kappa shape index (κ1) is 9.70. The third kappa shape index (κ3) is 4.15. The van der Waals surface area contributed by atoms with Crippen molar-refractivity contribution in [3.05, 3.63) is 0 Å². The SMILES string of the molecule is CNC(=O)NCC(O)C(=O)O. The maximum Gasteiger partial charge on any atom is 0.334 e. The van der Waals surface area contributed by atoms with Gasteiger partial charge in [0.1, 0.15) is 0 Å². The Labute approximate surface area is 63.2 Å². The van der Waals surface area contributed by atoms with E-state index in [0.29, 0.717) is 0 Å². The summed E-state index contributed by atoms with van der Waals surface area (Å²) >= 11 is 0. The van der Waals surface area contributed by atoms with Crippen LogP contribution in [0.3, 0.4) is 0 Å². The van der Waals surface area contributed by atoms with Crippen molar-refractivity contribution in [3.8, 4) is 0 Å². The lowest BCUT2D eigenvalue weighted by molar-refractivity contribution is -0.146. The average Bonchev–Trinajstić information content (AvgIpc) is 1.99. The molecule has 1 atom stereocenters. The molecule has 0 heterocycles. The third-order valence-electron chi connectivity index (χ3n) is 0.968. The van der Waals surface area contributed by atoms with Crippen LogP contribution in [-0.4, -0.2) is 41.9 Å². The van der Waals surface area contributed by atoms with Gasteiger partial charge in [-0.15, -0.1) is 0 Å². The lowest BCUT2D eigenvalue weighted by atomic mass is 10.4. The van der Waals surface area contributed by atoms with Crippen molar-refractivity contribution >= 4 is 12.0 Å². The van der Waals surface area contributed by atoms with Gasteiger partial charge < -0.3 is 20.8 Å². The predicted octanol–water partition coefficient (Wildman–Crippen LogP) is -1.64. The molecule has 0 aliphatic heterocycles. The van der Waals surface area contributed by atoms with Crippen LogP contribution in [0.25, 0.3) is 0 Å². The molecule has 11 heavy (non-hydrogen) atoms. The van der Waals surface area contributed by atoms with Crippen molar-refractivity contribution in [2.45, 2.75) is 6.10 Å². The molecule has 0 aromatic carbocycles. The van der Waals surface area contributed by atoms with Crippen LogP contribution in [0.5, 0.6) is 0 Å². The highest BCUT2D eigenvalue weighted by molar-refractivity contribution is 5.76. The second-order valence-corrected chi connectivity index (χ2v) is 1.81. The maximum absolute atomic E-state index is 10.4. The first-order valence-electron chi connectivity index (χ1n) is 2.94. The molecule has 0 radical (unpaired) electrons. The molecular formula is C5H10N2O4. The topological polar surface area (TPSA) is 98.7 Å². The van der Waals surface area contributed by atoms with Gasteiger partial charge in [-0.1, -0.05) is 0 Å². The molecule has 2 amide bonds. The number of urea groups is 1. The fraction of sp³-hybridized carbons (Fsp3) is 0.600. The van der Waals surface area contributed by atoms with Crippen LogP contribution in [0.2, 0.25) is 0 Å². The largest absolute Gasteiger partial charge is 0.479 e. The number of nitrogens with one attached hydrogen (secondary N) is 2. The van der Waals surface area contributed by atoms with E-state index in [1.54, 1.807) is 0 Å². The predicted molar refractivity (Wildman–Crippen MR) is 36.1 cm³/mol. The fourth-order valence-corrected chi connectivity index (χ4v) is 0.365. The number of aliphatic hydroxyl groups is 1. The highest BCUT2D eigenvalue weighted by atomic mass is 16.4. The average molecular weight is 162 g/mol. The molecule has 0 saturated carbocycles. The lowest BCUT2D eigenvalue weighted by Gasteiger charge is -2.06. The normalized spacial score (nSPS) is 11.8. The number of rotatable bonds is 3. The van der Waals surface area contributed by atoms with Gasteiger partial charge in [0.2, 0.25) is 0 Å². The van der Waals surface area contributed by atoms with Crippen molar-refractivity contribution in [2.24, 2.45) is 0 Å². The van der Waals surface area contributed by atoms with Crippen molar-refractivity contribution in [2.75, 3.05) is 13.6 Å². The summed E-state index contributed by atoms with van der Waals surface area (Å²) in [5, 5.41) is 21.1. The Balaban J connectivity index is 3.54. The van der Waals surface area contributed by atoms with E-state index < -0.39 is 18.1 Å². The van der Waals surface area contributed by atoms with Crippen LogP contribution in [0, 0.1) is 0 Å². The van der Waals surface area contributed by atoms with E-state index in [1.165, 1.54) is 7.05 Å². The quantitative estimate of drug-likeness (QED) is 0.400. The van der Waals surface area contributed by atoms with Gasteiger partial charge in [-0.2, -0.15) is 0 Å². The lowest BCUT2D eigenvalue weighted by Crippen LogP contribution is -2.40. The monoisotopic (exact) mass is 162 g/mol. The zero-order chi connectivity index (χ0) is 8.85. The van der Waals surface area contributed by atoms with Crippen LogP contribution in [0.1, 0.15) is 0 Å². The van der Waals surface area contributed by atoms with Gasteiger partial charge in [0.15, 0.2) is 6.10 Å². The first-order chi connectivity index (χ1) is 5.07. The van der Waals surface area contributed by atoms with Gasteiger partial charge in [0, 0.05) is 7.05 Å². The third-order valence-corrected chi connectivity index (χ3v) is 0.968. The van der Waals surface area contributed by atoms with Crippen LogP contribution in [0.15, 0.2) is 0 Å². The number of carboxylic acids is 1. The second kappa shape index (κ2) is 4.51. The molecule has 64 valence electrons. The summed E-state index contributed by atoms with van der Waals surface area (Å²) in [6.45, 7) is -0.297. The number of amides is 2. The van der Waals surface area contributed by atoms with Crippen LogP contribution in [0.4, 0.5) is 4.79 Å². The number of carbonyl (C=O) groups excluding carboxylic acids is 1. The van der Waals surface area contributed by atoms with E-state index in [2.05, 4.69) is 10.6 Å². The van der Waals surface area contributed by atoms with E-state index in [1.807, 2.05) is 0 Å². The van der Waals surface area contributed by atoms with Crippen LogP contribution >= 0.6 is 0 Å². The van der Waals surface area contributed by atoms with Gasteiger partial charge in [0.25, 0.3) is 0 Å². The molecule has 6 heteroatoms. The van der Waals surface area contributed by atoms with Crippen molar-refractivity contribution in [1.82, 2.24) is 10.6 Å². The molecule has 0 saturated heterocycles. The standard InChI is InChI=1S/C5H10N2O4/c1-6-5(11)7-2-3(8)4(9)10/h3,8H,2H2,1H3,(H,9,10)(H2,6,7,11). The van der Waals surface area contributed by atoms with Crippen molar-refractivity contribution in [1.29, 1.82) is 0 Å². The van der Waals surface area contributed by atoms with Crippen LogP contribution in [-0.2, 0) is 4.79 Å². The van der Waals surface area contributed by atoms with E-state index in [0.717, 1.165) is 0 Å². The summed E-state index contributed by atoms with van der Waals surface area (Å²) in [5.74, 6) is -1.36. The van der Waals surface area contributed by atoms with Gasteiger partial charge in [-0.25, -0.2) is 9.59 Å². The molecule has 0 aliphatic carbocycles. The molecule has 0 fully saturated rings. The molecule has 4 N–H and O–H groups in total. The molecule has 0 aliphatic rings. The second-order valence-electron chi connectivity index (χ2n) is 1.81. The van der Waals surface area contributed by atoms with Crippen molar-refractivity contribution in [3.63, 3.8) is 0 Å². The smallest absolute Gasteiger partial charge is 0.334 e. The Morgan fingerprint density at radius 2 is 2.09 bits per heavy atom. The summed E-state index contributed by atoms with van der Waals surface area (Å²) in [7, 11) is 1.39. The highest BCUT2D eigenvalue weighted by Gasteiger charge is 2.12. The maximum atomic E-state index is 10.4. The number of hydrogen-bond acceptors (Lipinski definition) is 3. The molecule has 0 aromatic heterocycles. The van der Waals surface area contributed by atoms with Gasteiger partial charge >= 0.3 is 12.0 Å². The zero-order valence-electron chi connectivity index (χ0n) is 6.00. The number of aliphatic hydroxyl groups excluding tert-OH is 1. The minimum absolute atomic E-state index is 0.297. The van der Waals surface area contributed by atoms with E-state index in [9.17, 15) is 9.59 Å². The van der Waals surface area contributed by atoms with Gasteiger partial charge in [-0.05, 0) is 0 Å². The number of carbonyl (C=O) groups is 2. The Hall–Kier alpha value is -1.30. The molecule has 1 unspecified atom stereocenters. The Kier molecular flexibility index (Phi) is 3.97. The van der Waals surface area contributed by atoms with E-state index in [4.69, 9.17) is 10.2 Å². The summed E-state index contributed by atoms with van der Waals surface area (Å²) in [6.07, 6.45) is -1.55. The molecule has 0 rings (SSSR count). The Morgan fingerprint density at radius 1 is 1.55 bits per heavy atom. The minimum Gasteiger partial charge on any atom is -0.479 e. The molecule has 0 aromatic rings.